The third kappa shape index (κ3) is 4.55. The average Bonchev–Trinajstić information content (AvgIpc) is 2.10. The van der Waals surface area contributed by atoms with Crippen LogP contribution in [0.4, 0.5) is 0 Å². The molecule has 1 amide bonds. The number of methoxy groups -OCH3 is 1. The maximum Gasteiger partial charge on any atom is 0.246 e. The lowest BCUT2D eigenvalue weighted by atomic mass is 10.2. The molecule has 1 aliphatic heterocycles. The minimum Gasteiger partial charge on any atom is -0.385 e. The van der Waals surface area contributed by atoms with E-state index in [2.05, 4.69) is 10.6 Å². The Labute approximate surface area is 84.1 Å². The molecule has 0 aromatic carbocycles. The molecule has 0 aromatic heterocycles. The van der Waals surface area contributed by atoms with Gasteiger partial charge in [0.15, 0.2) is 0 Å². The zero-order chi connectivity index (χ0) is 10.2. The number of amides is 1. The molecule has 0 atom stereocenters. The molecule has 0 unspecified atom stereocenters. The van der Waals surface area contributed by atoms with E-state index in [9.17, 15) is 4.79 Å². The number of rotatable bonds is 7. The van der Waals surface area contributed by atoms with Gasteiger partial charge < -0.3 is 20.1 Å². The van der Waals surface area contributed by atoms with Crippen molar-refractivity contribution in [1.29, 1.82) is 0 Å². The fourth-order valence-corrected chi connectivity index (χ4v) is 1.07. The van der Waals surface area contributed by atoms with Crippen molar-refractivity contribution < 1.29 is 14.3 Å². The third-order valence-corrected chi connectivity index (χ3v) is 2.04. The Kier molecular flexibility index (Phi) is 5.51. The number of carbonyl (C=O) groups is 1. The Balaban J connectivity index is 1.87. The van der Waals surface area contributed by atoms with E-state index in [4.69, 9.17) is 9.47 Å². The van der Waals surface area contributed by atoms with Gasteiger partial charge in [0.2, 0.25) is 5.91 Å². The van der Waals surface area contributed by atoms with Gasteiger partial charge in [-0.1, -0.05) is 0 Å². The van der Waals surface area contributed by atoms with Crippen LogP contribution in [0, 0.1) is 0 Å². The molecular weight excluding hydrogens is 184 g/mol. The second kappa shape index (κ2) is 6.75. The van der Waals surface area contributed by atoms with Crippen LogP contribution in [0.2, 0.25) is 0 Å². The van der Waals surface area contributed by atoms with Crippen molar-refractivity contribution in [1.82, 2.24) is 10.6 Å². The number of nitrogens with one attached hydrogen (secondary N) is 2. The Hall–Kier alpha value is -0.650. The van der Waals surface area contributed by atoms with Gasteiger partial charge in [0.25, 0.3) is 0 Å². The first-order valence-corrected chi connectivity index (χ1v) is 4.91. The second-order valence-electron chi connectivity index (χ2n) is 3.29. The van der Waals surface area contributed by atoms with E-state index in [1.165, 1.54) is 0 Å². The van der Waals surface area contributed by atoms with Gasteiger partial charge >= 0.3 is 0 Å². The fraction of sp³-hybridized carbons (Fsp3) is 0.889. The summed E-state index contributed by atoms with van der Waals surface area (Å²) in [5, 5.41) is 5.83. The zero-order valence-corrected chi connectivity index (χ0v) is 8.54. The Morgan fingerprint density at radius 3 is 2.93 bits per heavy atom. The maximum atomic E-state index is 11.2. The van der Waals surface area contributed by atoms with Crippen LogP contribution < -0.4 is 10.6 Å². The monoisotopic (exact) mass is 202 g/mol. The maximum absolute atomic E-state index is 11.2. The fourth-order valence-electron chi connectivity index (χ4n) is 1.07. The first-order chi connectivity index (χ1) is 6.83. The predicted octanol–water partition coefficient (Wildman–Crippen LogP) is -0.872. The van der Waals surface area contributed by atoms with Crippen molar-refractivity contribution in [3.05, 3.63) is 0 Å². The highest BCUT2D eigenvalue weighted by Gasteiger charge is 2.17. The molecule has 1 heterocycles. The lowest BCUT2D eigenvalue weighted by Gasteiger charge is -2.26. The van der Waals surface area contributed by atoms with Crippen LogP contribution in [0.3, 0.4) is 0 Å². The van der Waals surface area contributed by atoms with Crippen LogP contribution in [0.5, 0.6) is 0 Å². The average molecular weight is 202 g/mol. The minimum absolute atomic E-state index is 0.0481. The van der Waals surface area contributed by atoms with Crippen LogP contribution in [0.1, 0.15) is 6.42 Å². The molecule has 0 spiro atoms. The molecule has 5 heteroatoms. The molecule has 0 bridgehead atoms. The third-order valence-electron chi connectivity index (χ3n) is 2.04. The summed E-state index contributed by atoms with van der Waals surface area (Å²) in [5.74, 6) is -0.0481. The Morgan fingerprint density at radius 2 is 2.36 bits per heavy atom. The van der Waals surface area contributed by atoms with Gasteiger partial charge in [-0.2, -0.15) is 0 Å². The first kappa shape index (κ1) is 11.4. The molecule has 0 radical (unpaired) electrons. The summed E-state index contributed by atoms with van der Waals surface area (Å²) in [4.78, 5) is 11.2. The molecule has 1 saturated heterocycles. The smallest absolute Gasteiger partial charge is 0.246 e. The van der Waals surface area contributed by atoms with E-state index in [0.717, 1.165) is 19.5 Å². The van der Waals surface area contributed by atoms with E-state index in [0.29, 0.717) is 13.2 Å². The molecular formula is C9H18N2O3. The molecule has 0 saturated carbocycles. The largest absolute Gasteiger partial charge is 0.385 e. The van der Waals surface area contributed by atoms with Gasteiger partial charge in [-0.3, -0.25) is 4.79 Å². The quantitative estimate of drug-likeness (QED) is 0.527. The van der Waals surface area contributed by atoms with Crippen LogP contribution >= 0.6 is 0 Å². The van der Waals surface area contributed by atoms with E-state index in [1.807, 2.05) is 0 Å². The lowest BCUT2D eigenvalue weighted by molar-refractivity contribution is -0.128. The topological polar surface area (TPSA) is 59.6 Å². The van der Waals surface area contributed by atoms with Crippen LogP contribution in [-0.2, 0) is 14.3 Å². The normalized spacial score (nSPS) is 16.4. The van der Waals surface area contributed by atoms with Crippen LogP contribution in [0.15, 0.2) is 0 Å². The van der Waals surface area contributed by atoms with E-state index in [-0.39, 0.29) is 18.6 Å². The summed E-state index contributed by atoms with van der Waals surface area (Å²) in [6.45, 7) is 3.21. The lowest BCUT2D eigenvalue weighted by Crippen LogP contribution is -2.49. The molecule has 0 aromatic rings. The number of hydrogen-bond donors (Lipinski definition) is 2. The van der Waals surface area contributed by atoms with Crippen molar-refractivity contribution in [2.24, 2.45) is 0 Å². The SMILES string of the molecule is COCCCNC(=O)COC1CNC1. The summed E-state index contributed by atoms with van der Waals surface area (Å²) in [5.41, 5.74) is 0. The van der Waals surface area contributed by atoms with Crippen molar-refractivity contribution in [2.45, 2.75) is 12.5 Å². The van der Waals surface area contributed by atoms with E-state index >= 15 is 0 Å². The van der Waals surface area contributed by atoms with Gasteiger partial charge in [0, 0.05) is 33.4 Å². The van der Waals surface area contributed by atoms with Crippen molar-refractivity contribution in [3.63, 3.8) is 0 Å². The number of carbonyl (C=O) groups excluding carboxylic acids is 1. The van der Waals surface area contributed by atoms with Gasteiger partial charge in [-0.05, 0) is 6.42 Å². The molecule has 82 valence electrons. The van der Waals surface area contributed by atoms with E-state index < -0.39 is 0 Å². The summed E-state index contributed by atoms with van der Waals surface area (Å²) < 4.78 is 10.1. The van der Waals surface area contributed by atoms with Crippen molar-refractivity contribution in [2.75, 3.05) is 40.0 Å². The Bertz CT molecular complexity index is 171. The summed E-state index contributed by atoms with van der Waals surface area (Å²) in [7, 11) is 1.65. The molecule has 1 aliphatic rings. The van der Waals surface area contributed by atoms with Crippen molar-refractivity contribution >= 4 is 5.91 Å². The standard InChI is InChI=1S/C9H18N2O3/c1-13-4-2-3-11-9(12)7-14-8-5-10-6-8/h8,10H,2-7H2,1H3,(H,11,12). The highest BCUT2D eigenvalue weighted by molar-refractivity contribution is 5.77. The highest BCUT2D eigenvalue weighted by Crippen LogP contribution is 1.96. The van der Waals surface area contributed by atoms with Crippen LogP contribution in [0.25, 0.3) is 0 Å². The molecule has 1 rings (SSSR count). The summed E-state index contributed by atoms with van der Waals surface area (Å²) >= 11 is 0. The van der Waals surface area contributed by atoms with Gasteiger partial charge in [0.05, 0.1) is 6.10 Å². The molecule has 1 fully saturated rings. The highest BCUT2D eigenvalue weighted by atomic mass is 16.5. The molecule has 5 nitrogen and oxygen atoms in total. The van der Waals surface area contributed by atoms with Gasteiger partial charge in [-0.25, -0.2) is 0 Å². The van der Waals surface area contributed by atoms with Crippen molar-refractivity contribution in [3.8, 4) is 0 Å². The van der Waals surface area contributed by atoms with E-state index in [1.54, 1.807) is 7.11 Å². The molecule has 14 heavy (non-hydrogen) atoms. The minimum atomic E-state index is -0.0481. The molecule has 2 N–H and O–H groups in total. The summed E-state index contributed by atoms with van der Waals surface area (Å²) in [6, 6.07) is 0. The Morgan fingerprint density at radius 1 is 1.57 bits per heavy atom. The number of hydrogen-bond acceptors (Lipinski definition) is 4. The van der Waals surface area contributed by atoms with Crippen LogP contribution in [-0.4, -0.2) is 52.0 Å². The van der Waals surface area contributed by atoms with Gasteiger partial charge in [0.1, 0.15) is 6.61 Å². The predicted molar refractivity (Wildman–Crippen MR) is 52.1 cm³/mol. The summed E-state index contributed by atoms with van der Waals surface area (Å²) in [6.07, 6.45) is 1.06. The zero-order valence-electron chi connectivity index (χ0n) is 8.54. The first-order valence-electron chi connectivity index (χ1n) is 4.91. The molecule has 0 aliphatic carbocycles. The second-order valence-corrected chi connectivity index (χ2v) is 3.29. The number of ether oxygens (including phenoxy) is 2. The van der Waals surface area contributed by atoms with Gasteiger partial charge in [-0.15, -0.1) is 0 Å².